The van der Waals surface area contributed by atoms with Crippen molar-refractivity contribution in [1.29, 1.82) is 5.41 Å². The average Bonchev–Trinajstić information content (AvgIpc) is 2.30. The molecule has 15 heavy (non-hydrogen) atoms. The smallest absolute Gasteiger partial charge is 0 e. The van der Waals surface area contributed by atoms with E-state index in [1.807, 2.05) is 0 Å². The van der Waals surface area contributed by atoms with Crippen molar-refractivity contribution >= 4 is 5.71 Å². The Labute approximate surface area is 103 Å². The predicted octanol–water partition coefficient (Wildman–Crippen LogP) is 0.856. The Balaban J connectivity index is -0.0000000105. The van der Waals surface area contributed by atoms with Crippen LogP contribution in [0.4, 0.5) is 0 Å². The predicted molar refractivity (Wildman–Crippen MR) is 38.7 cm³/mol. The summed E-state index contributed by atoms with van der Waals surface area (Å²) in [5.41, 5.74) is 0.667. The van der Waals surface area contributed by atoms with Crippen molar-refractivity contribution in [3.05, 3.63) is 33.3 Å². The summed E-state index contributed by atoms with van der Waals surface area (Å²) in [6.07, 6.45) is 0. The van der Waals surface area contributed by atoms with Crippen molar-refractivity contribution in [2.75, 3.05) is 0 Å². The van der Waals surface area contributed by atoms with Crippen molar-refractivity contribution in [3.8, 4) is 0 Å². The van der Waals surface area contributed by atoms with Crippen LogP contribution in [-0.4, -0.2) is 5.71 Å². The Bertz CT molecular complexity index is 141. The van der Waals surface area contributed by atoms with E-state index in [9.17, 15) is 0 Å². The fraction of sp³-hybridized carbons (Fsp3) is 0.250. The number of hydrogen-bond acceptors (Lipinski definition) is 1. The molecule has 7 heteroatoms. The van der Waals surface area contributed by atoms with E-state index in [4.69, 9.17) is 28.7 Å². The summed E-state index contributed by atoms with van der Waals surface area (Å²) in [7, 11) is 0. The van der Waals surface area contributed by atoms with Gasteiger partial charge in [-0.15, -0.1) is 0 Å². The van der Waals surface area contributed by atoms with Crippen LogP contribution in [0, 0.1) is 38.7 Å². The van der Waals surface area contributed by atoms with Crippen LogP contribution in [0.25, 0.3) is 0 Å². The number of hydrogen-bond donors (Lipinski definition) is 1. The average molecular weight is 381 g/mol. The molecule has 0 fully saturated rings. The standard InChI is InChI=1S/C3H7N.5CO.W/c1-3(2)4;5*1-2;/h4H,1-2H3;;;;;;. The van der Waals surface area contributed by atoms with Gasteiger partial charge in [0.25, 0.3) is 0 Å². The van der Waals surface area contributed by atoms with Crippen molar-refractivity contribution < 1.29 is 44.3 Å². The Hall–Kier alpha value is -0.942. The molecule has 0 saturated heterocycles. The summed E-state index contributed by atoms with van der Waals surface area (Å²) >= 11 is 0. The zero-order valence-corrected chi connectivity index (χ0v) is 10.9. The van der Waals surface area contributed by atoms with E-state index in [1.54, 1.807) is 13.8 Å². The Morgan fingerprint density at radius 2 is 0.667 bits per heavy atom. The minimum absolute atomic E-state index is 0. The maximum Gasteiger partial charge on any atom is 0 e. The molecule has 0 aromatic carbocycles. The van der Waals surface area contributed by atoms with E-state index < -0.39 is 0 Å². The molecule has 0 saturated carbocycles. The molecule has 0 heterocycles. The zero-order valence-electron chi connectivity index (χ0n) is 7.95. The first kappa shape index (κ1) is 48.1. The Kier molecular flexibility index (Phi) is 1440. The maximum absolute atomic E-state index is 7.50. The van der Waals surface area contributed by atoms with Gasteiger partial charge in [-0.1, -0.05) is 0 Å². The van der Waals surface area contributed by atoms with Crippen LogP contribution < -0.4 is 0 Å². The fourth-order valence-corrected chi connectivity index (χ4v) is 0. The Morgan fingerprint density at radius 1 is 0.667 bits per heavy atom. The third-order valence-corrected chi connectivity index (χ3v) is 0. The SMILES string of the molecule is CC(C)=N.[C-]#[O+].[C-]#[O+].[C-]#[O+].[C-]#[O+].[C-]#[O+].[W]. The summed E-state index contributed by atoms with van der Waals surface area (Å²) in [4.78, 5) is 0. The van der Waals surface area contributed by atoms with E-state index in [0.717, 1.165) is 0 Å². The van der Waals surface area contributed by atoms with Gasteiger partial charge in [0.05, 0.1) is 0 Å². The summed E-state index contributed by atoms with van der Waals surface area (Å²) in [6, 6.07) is 0. The molecular formula is C8H7NO5W. The zero-order chi connectivity index (χ0) is 13.6. The molecule has 0 aliphatic carbocycles. The van der Waals surface area contributed by atoms with Crippen LogP contribution in [0.1, 0.15) is 13.8 Å². The van der Waals surface area contributed by atoms with Crippen molar-refractivity contribution in [1.82, 2.24) is 0 Å². The van der Waals surface area contributed by atoms with Crippen LogP contribution in [0.15, 0.2) is 0 Å². The molecule has 1 N–H and O–H groups in total. The summed E-state index contributed by atoms with van der Waals surface area (Å²) < 4.78 is 37.5. The minimum atomic E-state index is 0. The van der Waals surface area contributed by atoms with Crippen LogP contribution in [0.2, 0.25) is 0 Å². The van der Waals surface area contributed by atoms with Gasteiger partial charge in [0, 0.05) is 26.8 Å². The van der Waals surface area contributed by atoms with Crippen LogP contribution >= 0.6 is 0 Å². The molecule has 0 bridgehead atoms. The first-order valence-electron chi connectivity index (χ1n) is 2.27. The molecule has 0 atom stereocenters. The molecular weight excluding hydrogens is 374 g/mol. The number of nitrogens with one attached hydrogen (secondary N) is 1. The van der Waals surface area contributed by atoms with Gasteiger partial charge < -0.3 is 5.41 Å². The van der Waals surface area contributed by atoms with E-state index in [1.165, 1.54) is 0 Å². The largest absolute Gasteiger partial charge is 0 e. The van der Waals surface area contributed by atoms with Gasteiger partial charge in [-0.25, -0.2) is 0 Å². The van der Waals surface area contributed by atoms with E-state index in [2.05, 4.69) is 33.3 Å². The van der Waals surface area contributed by atoms with Gasteiger partial charge in [0.2, 0.25) is 0 Å². The van der Waals surface area contributed by atoms with Gasteiger partial charge in [-0.3, -0.25) is 0 Å². The molecule has 6 nitrogen and oxygen atoms in total. The van der Waals surface area contributed by atoms with Crippen molar-refractivity contribution in [3.63, 3.8) is 0 Å². The summed E-state index contributed by atoms with van der Waals surface area (Å²) in [6.45, 7) is 26.0. The van der Waals surface area contributed by atoms with Gasteiger partial charge in [-0.05, 0) is 13.8 Å². The molecule has 0 spiro atoms. The monoisotopic (exact) mass is 381 g/mol. The van der Waals surface area contributed by atoms with E-state index in [-0.39, 0.29) is 21.1 Å². The first-order valence-corrected chi connectivity index (χ1v) is 2.27. The van der Waals surface area contributed by atoms with Gasteiger partial charge in [0.1, 0.15) is 0 Å². The molecule has 0 amide bonds. The molecule has 0 radical (unpaired) electrons. The molecule has 0 aliphatic rings. The van der Waals surface area contributed by atoms with Crippen LogP contribution in [-0.2, 0) is 44.3 Å². The number of rotatable bonds is 0. The van der Waals surface area contributed by atoms with Crippen LogP contribution in [0.5, 0.6) is 0 Å². The van der Waals surface area contributed by atoms with E-state index in [0.29, 0.717) is 5.71 Å². The van der Waals surface area contributed by atoms with Crippen molar-refractivity contribution in [2.24, 2.45) is 0 Å². The quantitative estimate of drug-likeness (QED) is 0.363. The Morgan fingerprint density at radius 3 is 0.667 bits per heavy atom. The summed E-state index contributed by atoms with van der Waals surface area (Å²) in [5.74, 6) is 0. The normalized spacial score (nSPS) is 2.40. The molecule has 0 rings (SSSR count). The third-order valence-electron chi connectivity index (χ3n) is 0. The third kappa shape index (κ3) is 1800. The van der Waals surface area contributed by atoms with E-state index >= 15 is 0 Å². The fourth-order valence-electron chi connectivity index (χ4n) is 0. The topological polar surface area (TPSA) is 123 Å². The molecule has 0 aromatic heterocycles. The van der Waals surface area contributed by atoms with Gasteiger partial charge >= 0.3 is 56.5 Å². The van der Waals surface area contributed by atoms with Crippen LogP contribution in [0.3, 0.4) is 0 Å². The second-order valence-electron chi connectivity index (χ2n) is 1.00. The van der Waals surface area contributed by atoms with Gasteiger partial charge in [0.15, 0.2) is 0 Å². The molecule has 0 aromatic rings. The molecule has 0 unspecified atom stereocenters. The second-order valence-corrected chi connectivity index (χ2v) is 1.00. The van der Waals surface area contributed by atoms with Crippen molar-refractivity contribution in [2.45, 2.75) is 13.8 Å². The minimum Gasteiger partial charge on any atom is 0 e. The van der Waals surface area contributed by atoms with Gasteiger partial charge in [-0.2, -0.15) is 0 Å². The summed E-state index contributed by atoms with van der Waals surface area (Å²) in [5, 5.41) is 6.50. The maximum atomic E-state index is 7.50. The molecule has 80 valence electrons. The molecule has 0 aliphatic heterocycles. The first-order chi connectivity index (χ1) is 6.73. The second kappa shape index (κ2) is 448.